The van der Waals surface area contributed by atoms with E-state index < -0.39 is 0 Å². The molecule has 1 N–H and O–H groups in total. The molecule has 0 aliphatic rings. The van der Waals surface area contributed by atoms with Crippen molar-refractivity contribution in [3.63, 3.8) is 0 Å². The number of imidazole rings is 1. The highest BCUT2D eigenvalue weighted by Gasteiger charge is 2.17. The summed E-state index contributed by atoms with van der Waals surface area (Å²) in [5.41, 5.74) is 1.66. The van der Waals surface area contributed by atoms with Crippen molar-refractivity contribution in [2.75, 3.05) is 6.54 Å². The van der Waals surface area contributed by atoms with Gasteiger partial charge in [0, 0.05) is 18.3 Å². The number of hydrogen-bond acceptors (Lipinski definition) is 2. The first-order valence-corrected chi connectivity index (χ1v) is 7.13. The molecule has 0 aliphatic heterocycles. The Morgan fingerprint density at radius 2 is 2.25 bits per heavy atom. The molecule has 0 fully saturated rings. The minimum atomic E-state index is -0.222. The number of hydrogen-bond donors (Lipinski definition) is 1. The summed E-state index contributed by atoms with van der Waals surface area (Å²) in [6, 6.07) is 4.69. The topological polar surface area (TPSA) is 29.9 Å². The van der Waals surface area contributed by atoms with Crippen LogP contribution < -0.4 is 5.32 Å². The zero-order chi connectivity index (χ0) is 14.5. The summed E-state index contributed by atoms with van der Waals surface area (Å²) >= 11 is 5.96. The fraction of sp³-hybridized carbons (Fsp3) is 0.400. The van der Waals surface area contributed by atoms with Crippen molar-refractivity contribution in [2.45, 2.75) is 25.8 Å². The molecule has 5 heteroatoms. The third-order valence-electron chi connectivity index (χ3n) is 3.28. The highest BCUT2D eigenvalue weighted by atomic mass is 35.5. The van der Waals surface area contributed by atoms with E-state index in [-0.39, 0.29) is 11.9 Å². The molecule has 0 spiro atoms. The lowest BCUT2D eigenvalue weighted by Crippen LogP contribution is -2.26. The van der Waals surface area contributed by atoms with Crippen molar-refractivity contribution in [1.29, 1.82) is 0 Å². The molecule has 0 aliphatic carbocycles. The van der Waals surface area contributed by atoms with Crippen molar-refractivity contribution in [3.8, 4) is 0 Å². The first-order valence-electron chi connectivity index (χ1n) is 6.75. The van der Waals surface area contributed by atoms with E-state index in [0.29, 0.717) is 17.0 Å². The number of benzene rings is 1. The van der Waals surface area contributed by atoms with E-state index in [1.54, 1.807) is 18.5 Å². The summed E-state index contributed by atoms with van der Waals surface area (Å²) < 4.78 is 15.8. The quantitative estimate of drug-likeness (QED) is 0.884. The number of rotatable bonds is 6. The normalized spacial score (nSPS) is 12.6. The van der Waals surface area contributed by atoms with Crippen molar-refractivity contribution < 1.29 is 4.39 Å². The van der Waals surface area contributed by atoms with Gasteiger partial charge in [-0.25, -0.2) is 9.37 Å². The highest BCUT2D eigenvalue weighted by Crippen LogP contribution is 2.22. The molecule has 0 saturated carbocycles. The molecule has 2 rings (SSSR count). The lowest BCUT2D eigenvalue weighted by molar-refractivity contribution is 0.492. The molecule has 0 bridgehead atoms. The molecular weight excluding hydrogens is 277 g/mol. The first kappa shape index (κ1) is 15.0. The average Bonchev–Trinajstić information content (AvgIpc) is 2.84. The molecule has 0 amide bonds. The highest BCUT2D eigenvalue weighted by molar-refractivity contribution is 6.30. The van der Waals surface area contributed by atoms with Gasteiger partial charge in [0.15, 0.2) is 0 Å². The Bertz CT molecular complexity index is 568. The van der Waals surface area contributed by atoms with Crippen molar-refractivity contribution in [1.82, 2.24) is 14.9 Å². The van der Waals surface area contributed by atoms with Gasteiger partial charge in [-0.3, -0.25) is 0 Å². The van der Waals surface area contributed by atoms with Crippen LogP contribution in [-0.4, -0.2) is 16.1 Å². The molecule has 1 aromatic carbocycles. The Balaban J connectivity index is 2.23. The SMILES string of the molecule is CCCNC(Cc1cc(Cl)ccc1F)c1cncn1C. The third kappa shape index (κ3) is 3.58. The summed E-state index contributed by atoms with van der Waals surface area (Å²) in [6.45, 7) is 2.98. The predicted octanol–water partition coefficient (Wildman–Crippen LogP) is 3.50. The molecule has 3 nitrogen and oxygen atoms in total. The van der Waals surface area contributed by atoms with E-state index in [1.807, 2.05) is 17.8 Å². The number of nitrogens with one attached hydrogen (secondary N) is 1. The van der Waals surface area contributed by atoms with Gasteiger partial charge >= 0.3 is 0 Å². The molecule has 0 saturated heterocycles. The maximum absolute atomic E-state index is 13.9. The molecule has 1 aromatic heterocycles. The lowest BCUT2D eigenvalue weighted by atomic mass is 10.0. The molecule has 1 atom stereocenters. The molecule has 0 radical (unpaired) electrons. The van der Waals surface area contributed by atoms with Gasteiger partial charge in [-0.2, -0.15) is 0 Å². The lowest BCUT2D eigenvalue weighted by Gasteiger charge is -2.19. The van der Waals surface area contributed by atoms with Gasteiger partial charge in [0.05, 0.1) is 18.1 Å². The standard InChI is InChI=1S/C15H19ClFN3/c1-3-6-19-14(15-9-18-10-20(15)2)8-11-7-12(16)4-5-13(11)17/h4-5,7,9-10,14,19H,3,6,8H2,1-2H3. The van der Waals surface area contributed by atoms with Gasteiger partial charge in [0.1, 0.15) is 5.82 Å². The minimum Gasteiger partial charge on any atom is -0.336 e. The third-order valence-corrected chi connectivity index (χ3v) is 3.52. The van der Waals surface area contributed by atoms with Crippen LogP contribution in [0.3, 0.4) is 0 Å². The second-order valence-electron chi connectivity index (χ2n) is 4.88. The van der Waals surface area contributed by atoms with Gasteiger partial charge in [-0.05, 0) is 43.1 Å². The Morgan fingerprint density at radius 3 is 2.90 bits per heavy atom. The van der Waals surface area contributed by atoms with Crippen LogP contribution in [0.2, 0.25) is 5.02 Å². The van der Waals surface area contributed by atoms with Crippen LogP contribution in [0.1, 0.15) is 30.6 Å². The van der Waals surface area contributed by atoms with Crippen LogP contribution in [0.25, 0.3) is 0 Å². The number of aryl methyl sites for hydroxylation is 1. The largest absolute Gasteiger partial charge is 0.336 e. The summed E-state index contributed by atoms with van der Waals surface area (Å²) in [6.07, 6.45) is 5.14. The number of halogens is 2. The fourth-order valence-electron chi connectivity index (χ4n) is 2.22. The Kier molecular flexibility index (Phi) is 5.15. The maximum Gasteiger partial charge on any atom is 0.126 e. The molecule has 2 aromatic rings. The maximum atomic E-state index is 13.9. The van der Waals surface area contributed by atoms with Gasteiger partial charge in [-0.15, -0.1) is 0 Å². The Hall–Kier alpha value is -1.39. The zero-order valence-corrected chi connectivity index (χ0v) is 12.5. The number of aromatic nitrogens is 2. The molecule has 1 unspecified atom stereocenters. The van der Waals surface area contributed by atoms with Crippen LogP contribution in [0, 0.1) is 5.82 Å². The second-order valence-corrected chi connectivity index (χ2v) is 5.31. The van der Waals surface area contributed by atoms with Gasteiger partial charge < -0.3 is 9.88 Å². The van der Waals surface area contributed by atoms with Crippen LogP contribution >= 0.6 is 11.6 Å². The van der Waals surface area contributed by atoms with E-state index in [0.717, 1.165) is 18.7 Å². The second kappa shape index (κ2) is 6.86. The van der Waals surface area contributed by atoms with E-state index in [4.69, 9.17) is 11.6 Å². The van der Waals surface area contributed by atoms with Gasteiger partial charge in [0.25, 0.3) is 0 Å². The van der Waals surface area contributed by atoms with Crippen LogP contribution in [0.5, 0.6) is 0 Å². The van der Waals surface area contributed by atoms with Crippen molar-refractivity contribution in [3.05, 3.63) is 52.8 Å². The van der Waals surface area contributed by atoms with E-state index in [9.17, 15) is 4.39 Å². The predicted molar refractivity (Wildman–Crippen MR) is 79.4 cm³/mol. The number of nitrogens with zero attached hydrogens (tertiary/aromatic N) is 2. The van der Waals surface area contributed by atoms with Crippen LogP contribution in [-0.2, 0) is 13.5 Å². The van der Waals surface area contributed by atoms with Crippen LogP contribution in [0.4, 0.5) is 4.39 Å². The Labute approximate surface area is 123 Å². The van der Waals surface area contributed by atoms with Gasteiger partial charge in [0.2, 0.25) is 0 Å². The fourth-order valence-corrected chi connectivity index (χ4v) is 2.42. The van der Waals surface area contributed by atoms with Crippen molar-refractivity contribution >= 4 is 11.6 Å². The van der Waals surface area contributed by atoms with E-state index in [1.165, 1.54) is 6.07 Å². The van der Waals surface area contributed by atoms with Crippen molar-refractivity contribution in [2.24, 2.45) is 7.05 Å². The van der Waals surface area contributed by atoms with Gasteiger partial charge in [-0.1, -0.05) is 18.5 Å². The van der Waals surface area contributed by atoms with Crippen LogP contribution in [0.15, 0.2) is 30.7 Å². The van der Waals surface area contributed by atoms with E-state index in [2.05, 4.69) is 17.2 Å². The smallest absolute Gasteiger partial charge is 0.126 e. The molecule has 20 heavy (non-hydrogen) atoms. The average molecular weight is 296 g/mol. The monoisotopic (exact) mass is 295 g/mol. The van der Waals surface area contributed by atoms with E-state index >= 15 is 0 Å². The summed E-state index contributed by atoms with van der Waals surface area (Å²) in [5.74, 6) is -0.222. The first-order chi connectivity index (χ1) is 9.61. The molecule has 1 heterocycles. The summed E-state index contributed by atoms with van der Waals surface area (Å²) in [5, 5.41) is 3.99. The summed E-state index contributed by atoms with van der Waals surface area (Å²) in [7, 11) is 1.94. The molecular formula is C15H19ClFN3. The Morgan fingerprint density at radius 1 is 1.45 bits per heavy atom. The molecule has 108 valence electrons. The minimum absolute atomic E-state index is 0.0235. The summed E-state index contributed by atoms with van der Waals surface area (Å²) in [4.78, 5) is 4.14. The zero-order valence-electron chi connectivity index (χ0n) is 11.7.